The molecule has 1 heterocycles. The highest BCUT2D eigenvalue weighted by Gasteiger charge is 2.29. The molecular formula is C18H15F3N2O4S2. The number of carbonyl (C=O) groups is 1. The van der Waals surface area contributed by atoms with Crippen LogP contribution in [0.25, 0.3) is 10.9 Å². The molecule has 0 aliphatic rings. The Balaban J connectivity index is 1.94. The number of fused-ring (bicyclic) bond motifs is 1. The molecule has 0 bridgehead atoms. The number of phenolic OH excluding ortho intramolecular Hbond substituents is 1. The van der Waals surface area contributed by atoms with E-state index in [1.807, 2.05) is 0 Å². The molecule has 0 saturated heterocycles. The molecule has 11 heteroatoms. The van der Waals surface area contributed by atoms with Crippen LogP contribution < -0.4 is 5.73 Å². The number of halogens is 3. The summed E-state index contributed by atoms with van der Waals surface area (Å²) in [6.07, 6.45) is -0.259. The average molecular weight is 444 g/mol. The molecule has 0 fully saturated rings. The van der Waals surface area contributed by atoms with Gasteiger partial charge in [0.05, 0.1) is 11.3 Å². The summed E-state index contributed by atoms with van der Waals surface area (Å²) in [5, 5.41) is 10.4. The lowest BCUT2D eigenvalue weighted by Gasteiger charge is -2.12. The van der Waals surface area contributed by atoms with Crippen molar-refractivity contribution in [1.29, 1.82) is 0 Å². The Hall–Kier alpha value is -2.66. The number of aryl methyl sites for hydroxylation is 1. The van der Waals surface area contributed by atoms with Crippen molar-refractivity contribution in [1.82, 2.24) is 3.97 Å². The number of nitrogens with zero attached hydrogens (tertiary/aromatic N) is 1. The van der Waals surface area contributed by atoms with Gasteiger partial charge >= 0.3 is 5.51 Å². The second-order valence-electron chi connectivity index (χ2n) is 6.12. The minimum Gasteiger partial charge on any atom is -0.508 e. The number of para-hydroxylation sites is 1. The molecule has 2 aromatic carbocycles. The smallest absolute Gasteiger partial charge is 0.446 e. The molecule has 29 heavy (non-hydrogen) atoms. The fourth-order valence-corrected chi connectivity index (χ4v) is 5.06. The number of primary amides is 1. The number of carbonyl (C=O) groups excluding carboxylic acids is 1. The Bertz CT molecular complexity index is 1190. The molecule has 0 radical (unpaired) electrons. The highest BCUT2D eigenvalue weighted by molar-refractivity contribution is 8.00. The minimum atomic E-state index is -4.51. The molecule has 3 rings (SSSR count). The average Bonchev–Trinajstić information content (AvgIpc) is 3.02. The first-order chi connectivity index (χ1) is 13.5. The number of rotatable bonds is 6. The number of phenols is 1. The number of hydrogen-bond acceptors (Lipinski definition) is 5. The van der Waals surface area contributed by atoms with Gasteiger partial charge in [0.15, 0.2) is 0 Å². The molecular weight excluding hydrogens is 429 g/mol. The first-order valence-electron chi connectivity index (χ1n) is 8.19. The van der Waals surface area contributed by atoms with Crippen molar-refractivity contribution in [3.63, 3.8) is 0 Å². The molecule has 0 saturated carbocycles. The van der Waals surface area contributed by atoms with Crippen LogP contribution >= 0.6 is 11.8 Å². The standard InChI is InChI=1S/C18H15F3N2O4S2/c19-18(20,21)28-13-5-6-16(24)12(9-13)7-8-29(26,27)23-14-4-2-1-3-11(14)10-15(23)17(22)25/h1-6,9-10,24H,7-8H2,(H2,22,25). The maximum atomic E-state index is 12.9. The third kappa shape index (κ3) is 4.67. The van der Waals surface area contributed by atoms with Crippen LogP contribution in [0.4, 0.5) is 13.2 Å². The molecule has 0 aliphatic carbocycles. The summed E-state index contributed by atoms with van der Waals surface area (Å²) in [5.74, 6) is -1.81. The van der Waals surface area contributed by atoms with Gasteiger partial charge in [0.1, 0.15) is 11.4 Å². The first-order valence-corrected chi connectivity index (χ1v) is 10.6. The second kappa shape index (κ2) is 7.64. The zero-order valence-electron chi connectivity index (χ0n) is 14.7. The van der Waals surface area contributed by atoms with E-state index in [0.717, 1.165) is 22.2 Å². The van der Waals surface area contributed by atoms with Gasteiger partial charge in [0.25, 0.3) is 5.91 Å². The number of hydrogen-bond donors (Lipinski definition) is 2. The van der Waals surface area contributed by atoms with Gasteiger partial charge in [0, 0.05) is 10.3 Å². The number of benzene rings is 2. The lowest BCUT2D eigenvalue weighted by molar-refractivity contribution is -0.0328. The number of aromatic hydroxyl groups is 1. The number of nitrogens with two attached hydrogens (primary N) is 1. The summed E-state index contributed by atoms with van der Waals surface area (Å²) in [7, 11) is -4.11. The van der Waals surface area contributed by atoms with Crippen LogP contribution in [0.15, 0.2) is 53.4 Å². The van der Waals surface area contributed by atoms with Crippen molar-refractivity contribution in [2.75, 3.05) is 5.75 Å². The van der Waals surface area contributed by atoms with Crippen molar-refractivity contribution in [3.05, 3.63) is 59.8 Å². The third-order valence-electron chi connectivity index (χ3n) is 4.11. The van der Waals surface area contributed by atoms with E-state index in [9.17, 15) is 31.5 Å². The van der Waals surface area contributed by atoms with E-state index >= 15 is 0 Å². The highest BCUT2D eigenvalue weighted by atomic mass is 32.2. The highest BCUT2D eigenvalue weighted by Crippen LogP contribution is 2.38. The van der Waals surface area contributed by atoms with Crippen LogP contribution in [0.2, 0.25) is 0 Å². The predicted molar refractivity (Wildman–Crippen MR) is 103 cm³/mol. The lowest BCUT2D eigenvalue weighted by atomic mass is 10.1. The van der Waals surface area contributed by atoms with E-state index < -0.39 is 27.2 Å². The molecule has 1 amide bonds. The minimum absolute atomic E-state index is 0.0416. The summed E-state index contributed by atoms with van der Waals surface area (Å²) >= 11 is -0.364. The number of amides is 1. The second-order valence-corrected chi connectivity index (χ2v) is 9.20. The molecule has 3 aromatic rings. The van der Waals surface area contributed by atoms with Crippen molar-refractivity contribution in [2.24, 2.45) is 5.73 Å². The van der Waals surface area contributed by atoms with Crippen LogP contribution in [0, 0.1) is 0 Å². The normalized spacial score (nSPS) is 12.4. The zero-order valence-corrected chi connectivity index (χ0v) is 16.3. The Morgan fingerprint density at radius 1 is 1.14 bits per heavy atom. The van der Waals surface area contributed by atoms with Crippen molar-refractivity contribution < 1.29 is 31.5 Å². The van der Waals surface area contributed by atoms with E-state index in [0.29, 0.717) is 5.39 Å². The van der Waals surface area contributed by atoms with Crippen LogP contribution in [-0.4, -0.2) is 34.7 Å². The monoisotopic (exact) mass is 444 g/mol. The number of alkyl halides is 3. The molecule has 3 N–H and O–H groups in total. The van der Waals surface area contributed by atoms with Crippen molar-refractivity contribution in [2.45, 2.75) is 16.8 Å². The summed E-state index contributed by atoms with van der Waals surface area (Å²) < 4.78 is 64.3. The molecule has 1 aromatic heterocycles. The van der Waals surface area contributed by atoms with Gasteiger partial charge in [-0.25, -0.2) is 12.4 Å². The molecule has 0 aliphatic heterocycles. The fourth-order valence-electron chi connectivity index (χ4n) is 2.89. The fraction of sp³-hybridized carbons (Fsp3) is 0.167. The van der Waals surface area contributed by atoms with Crippen molar-refractivity contribution in [3.8, 4) is 5.75 Å². The summed E-state index contributed by atoms with van der Waals surface area (Å²) in [6, 6.07) is 11.0. The first kappa shape index (κ1) is 21.1. The van der Waals surface area contributed by atoms with Gasteiger partial charge in [-0.15, -0.1) is 0 Å². The predicted octanol–water partition coefficient (Wildman–Crippen LogP) is 3.48. The topological polar surface area (TPSA) is 102 Å². The van der Waals surface area contributed by atoms with E-state index in [-0.39, 0.29) is 45.6 Å². The van der Waals surface area contributed by atoms with E-state index in [1.165, 1.54) is 12.1 Å². The largest absolute Gasteiger partial charge is 0.508 e. The Labute approximate surface area is 168 Å². The Morgan fingerprint density at radius 2 is 1.83 bits per heavy atom. The summed E-state index contributed by atoms with van der Waals surface area (Å²) in [4.78, 5) is 11.6. The maximum absolute atomic E-state index is 12.9. The summed E-state index contributed by atoms with van der Waals surface area (Å²) in [6.45, 7) is 0. The summed E-state index contributed by atoms with van der Waals surface area (Å²) in [5.41, 5.74) is 0.871. The molecule has 6 nitrogen and oxygen atoms in total. The van der Waals surface area contributed by atoms with Crippen LogP contribution in [-0.2, 0) is 16.4 Å². The van der Waals surface area contributed by atoms with E-state index in [2.05, 4.69) is 0 Å². The van der Waals surface area contributed by atoms with Gasteiger partial charge in [-0.1, -0.05) is 18.2 Å². The molecule has 0 unspecified atom stereocenters. The maximum Gasteiger partial charge on any atom is 0.446 e. The van der Waals surface area contributed by atoms with Gasteiger partial charge in [-0.2, -0.15) is 13.2 Å². The molecule has 0 spiro atoms. The zero-order chi connectivity index (χ0) is 21.4. The Kier molecular flexibility index (Phi) is 5.54. The number of aromatic nitrogens is 1. The van der Waals surface area contributed by atoms with Gasteiger partial charge in [-0.05, 0) is 54.1 Å². The number of thioether (sulfide) groups is 1. The van der Waals surface area contributed by atoms with Crippen LogP contribution in [0.1, 0.15) is 16.1 Å². The van der Waals surface area contributed by atoms with Crippen LogP contribution in [0.5, 0.6) is 5.75 Å². The SMILES string of the molecule is NC(=O)c1cc2ccccc2n1S(=O)(=O)CCc1cc(SC(F)(F)F)ccc1O. The quantitative estimate of drug-likeness (QED) is 0.567. The molecule has 154 valence electrons. The van der Waals surface area contributed by atoms with Crippen LogP contribution in [0.3, 0.4) is 0 Å². The van der Waals surface area contributed by atoms with E-state index in [4.69, 9.17) is 5.73 Å². The van der Waals surface area contributed by atoms with Gasteiger partial charge in [0.2, 0.25) is 10.0 Å². The van der Waals surface area contributed by atoms with Gasteiger partial charge in [-0.3, -0.25) is 4.79 Å². The lowest BCUT2D eigenvalue weighted by Crippen LogP contribution is -2.25. The van der Waals surface area contributed by atoms with Gasteiger partial charge < -0.3 is 10.8 Å². The molecule has 0 atom stereocenters. The van der Waals surface area contributed by atoms with Crippen molar-refractivity contribution >= 4 is 38.6 Å². The van der Waals surface area contributed by atoms with E-state index in [1.54, 1.807) is 18.2 Å². The Morgan fingerprint density at radius 3 is 2.48 bits per heavy atom. The third-order valence-corrected chi connectivity index (χ3v) is 6.50.